The van der Waals surface area contributed by atoms with Crippen molar-refractivity contribution in [3.05, 3.63) is 60.3 Å². The minimum atomic E-state index is -0.400. The third kappa shape index (κ3) is 3.36. The number of aryl methyl sites for hydroxylation is 2. The van der Waals surface area contributed by atoms with E-state index in [2.05, 4.69) is 25.2 Å². The molecule has 0 amide bonds. The molecule has 0 aliphatic carbocycles. The Balaban J connectivity index is 2.06. The van der Waals surface area contributed by atoms with Gasteiger partial charge in [0.1, 0.15) is 0 Å². The molecule has 6 heteroatoms. The van der Waals surface area contributed by atoms with Crippen molar-refractivity contribution < 1.29 is 4.92 Å². The van der Waals surface area contributed by atoms with E-state index in [1.165, 1.54) is 21.4 Å². The minimum Gasteiger partial charge on any atom is -0.307 e. The van der Waals surface area contributed by atoms with Crippen LogP contribution in [0, 0.1) is 24.0 Å². The predicted molar refractivity (Wildman–Crippen MR) is 82.4 cm³/mol. The summed E-state index contributed by atoms with van der Waals surface area (Å²) in [5.41, 5.74) is 1.86. The molecule has 1 heterocycles. The molecular weight excluding hydrogens is 296 g/mol. The van der Waals surface area contributed by atoms with Crippen LogP contribution >= 0.6 is 22.9 Å². The highest BCUT2D eigenvalue weighted by Crippen LogP contribution is 2.26. The number of rotatable bonds is 5. The van der Waals surface area contributed by atoms with Gasteiger partial charge in [0.25, 0.3) is 5.69 Å². The van der Waals surface area contributed by atoms with Crippen LogP contribution in [0.4, 0.5) is 5.69 Å². The van der Waals surface area contributed by atoms with Gasteiger partial charge in [0, 0.05) is 28.9 Å². The fraction of sp³-hybridized carbons (Fsp3) is 0.286. The van der Waals surface area contributed by atoms with Crippen molar-refractivity contribution in [2.75, 3.05) is 0 Å². The van der Waals surface area contributed by atoms with Crippen LogP contribution in [-0.2, 0) is 13.1 Å². The van der Waals surface area contributed by atoms with Crippen molar-refractivity contribution in [1.29, 1.82) is 0 Å². The van der Waals surface area contributed by atoms with E-state index < -0.39 is 4.92 Å². The topological polar surface area (TPSA) is 55.2 Å². The monoisotopic (exact) mass is 310 g/mol. The number of halogens is 1. The Labute approximate surface area is 126 Å². The molecule has 0 radical (unpaired) electrons. The van der Waals surface area contributed by atoms with E-state index in [1.807, 2.05) is 0 Å². The Kier molecular flexibility index (Phi) is 4.75. The van der Waals surface area contributed by atoms with E-state index in [1.54, 1.807) is 23.5 Å². The van der Waals surface area contributed by atoms with Crippen molar-refractivity contribution >= 4 is 28.6 Å². The summed E-state index contributed by atoms with van der Waals surface area (Å²) in [4.78, 5) is 13.1. The molecule has 106 valence electrons. The van der Waals surface area contributed by atoms with Gasteiger partial charge >= 0.3 is 0 Å². The molecule has 0 saturated carbocycles. The second kappa shape index (κ2) is 6.35. The van der Waals surface area contributed by atoms with Gasteiger partial charge in [-0.1, -0.05) is 17.7 Å². The summed E-state index contributed by atoms with van der Waals surface area (Å²) in [5.74, 6) is 0. The lowest BCUT2D eigenvalue weighted by Crippen LogP contribution is -2.13. The Hall–Kier alpha value is -1.43. The van der Waals surface area contributed by atoms with E-state index in [0.29, 0.717) is 23.7 Å². The maximum absolute atomic E-state index is 11.0. The van der Waals surface area contributed by atoms with Gasteiger partial charge in [0.05, 0.1) is 15.5 Å². The van der Waals surface area contributed by atoms with Gasteiger partial charge in [0.15, 0.2) is 0 Å². The van der Waals surface area contributed by atoms with Crippen LogP contribution in [-0.4, -0.2) is 4.92 Å². The Morgan fingerprint density at radius 3 is 2.70 bits per heavy atom. The van der Waals surface area contributed by atoms with Crippen LogP contribution < -0.4 is 5.32 Å². The number of hydrogen-bond donors (Lipinski definition) is 1. The number of hydrogen-bond acceptors (Lipinski definition) is 4. The standard InChI is InChI=1S/C14H15ClN2O2S/c1-9-6-11(20-10(9)2)7-16-8-12-13(15)4-3-5-14(12)17(18)19/h3-6,16H,7-8H2,1-2H3. The molecule has 0 fully saturated rings. The summed E-state index contributed by atoms with van der Waals surface area (Å²) < 4.78 is 0. The number of benzene rings is 1. The molecule has 0 bridgehead atoms. The predicted octanol–water partition coefficient (Wildman–Crippen LogP) is 4.22. The number of nitro groups is 1. The summed E-state index contributed by atoms with van der Waals surface area (Å²) in [5, 5.41) is 14.6. The van der Waals surface area contributed by atoms with Crippen LogP contribution in [0.3, 0.4) is 0 Å². The fourth-order valence-electron chi connectivity index (χ4n) is 1.94. The third-order valence-electron chi connectivity index (χ3n) is 3.11. The summed E-state index contributed by atoms with van der Waals surface area (Å²) >= 11 is 7.78. The van der Waals surface area contributed by atoms with Crippen LogP contribution in [0.5, 0.6) is 0 Å². The first-order valence-corrected chi connectivity index (χ1v) is 7.37. The summed E-state index contributed by atoms with van der Waals surface area (Å²) in [7, 11) is 0. The first kappa shape index (κ1) is 15.0. The zero-order chi connectivity index (χ0) is 14.7. The van der Waals surface area contributed by atoms with E-state index in [9.17, 15) is 10.1 Å². The zero-order valence-electron chi connectivity index (χ0n) is 11.3. The van der Waals surface area contributed by atoms with Crippen molar-refractivity contribution in [1.82, 2.24) is 5.32 Å². The van der Waals surface area contributed by atoms with Gasteiger partial charge in [-0.2, -0.15) is 0 Å². The molecule has 0 spiro atoms. The summed E-state index contributed by atoms with van der Waals surface area (Å²) in [6, 6.07) is 6.87. The van der Waals surface area contributed by atoms with Gasteiger partial charge in [-0.05, 0) is 31.5 Å². The zero-order valence-corrected chi connectivity index (χ0v) is 12.8. The molecule has 1 N–H and O–H groups in total. The Morgan fingerprint density at radius 1 is 1.35 bits per heavy atom. The van der Waals surface area contributed by atoms with Gasteiger partial charge in [0.2, 0.25) is 0 Å². The van der Waals surface area contributed by atoms with Gasteiger partial charge < -0.3 is 5.32 Å². The van der Waals surface area contributed by atoms with Crippen LogP contribution in [0.1, 0.15) is 20.9 Å². The van der Waals surface area contributed by atoms with E-state index in [0.717, 1.165) is 0 Å². The number of nitro benzene ring substituents is 1. The molecule has 0 unspecified atom stereocenters. The molecule has 1 aromatic heterocycles. The molecule has 0 saturated heterocycles. The van der Waals surface area contributed by atoms with Crippen molar-refractivity contribution in [2.24, 2.45) is 0 Å². The molecule has 2 rings (SSSR count). The van der Waals surface area contributed by atoms with Crippen LogP contribution in [0.25, 0.3) is 0 Å². The number of thiophene rings is 1. The van der Waals surface area contributed by atoms with Gasteiger partial charge in [-0.3, -0.25) is 10.1 Å². The highest BCUT2D eigenvalue weighted by Gasteiger charge is 2.16. The normalized spacial score (nSPS) is 10.8. The molecule has 1 aromatic carbocycles. The molecule has 20 heavy (non-hydrogen) atoms. The van der Waals surface area contributed by atoms with E-state index in [-0.39, 0.29) is 5.69 Å². The van der Waals surface area contributed by atoms with Crippen molar-refractivity contribution in [3.63, 3.8) is 0 Å². The number of nitrogens with one attached hydrogen (secondary N) is 1. The summed E-state index contributed by atoms with van der Waals surface area (Å²) in [6.07, 6.45) is 0. The lowest BCUT2D eigenvalue weighted by Gasteiger charge is -2.06. The molecular formula is C14H15ClN2O2S. The third-order valence-corrected chi connectivity index (χ3v) is 4.62. The van der Waals surface area contributed by atoms with Gasteiger partial charge in [-0.15, -0.1) is 11.3 Å². The number of nitrogens with zero attached hydrogens (tertiary/aromatic N) is 1. The van der Waals surface area contributed by atoms with Crippen LogP contribution in [0.15, 0.2) is 24.3 Å². The first-order chi connectivity index (χ1) is 9.49. The molecule has 0 aliphatic rings. The maximum Gasteiger partial charge on any atom is 0.275 e. The fourth-order valence-corrected chi connectivity index (χ4v) is 3.20. The van der Waals surface area contributed by atoms with E-state index >= 15 is 0 Å². The Morgan fingerprint density at radius 2 is 2.10 bits per heavy atom. The highest BCUT2D eigenvalue weighted by atomic mass is 35.5. The molecule has 0 atom stereocenters. The Bertz CT molecular complexity index is 621. The second-order valence-corrected chi connectivity index (χ2v) is 6.30. The lowest BCUT2D eigenvalue weighted by molar-refractivity contribution is -0.385. The average Bonchev–Trinajstić information content (AvgIpc) is 2.70. The summed E-state index contributed by atoms with van der Waals surface area (Å²) in [6.45, 7) is 5.23. The minimum absolute atomic E-state index is 0.0588. The van der Waals surface area contributed by atoms with Crippen molar-refractivity contribution in [3.8, 4) is 0 Å². The highest BCUT2D eigenvalue weighted by molar-refractivity contribution is 7.12. The second-order valence-electron chi connectivity index (χ2n) is 4.55. The smallest absolute Gasteiger partial charge is 0.275 e. The van der Waals surface area contributed by atoms with E-state index in [4.69, 9.17) is 11.6 Å². The molecule has 2 aromatic rings. The van der Waals surface area contributed by atoms with Crippen LogP contribution in [0.2, 0.25) is 5.02 Å². The largest absolute Gasteiger partial charge is 0.307 e. The molecule has 4 nitrogen and oxygen atoms in total. The van der Waals surface area contributed by atoms with Gasteiger partial charge in [-0.25, -0.2) is 0 Å². The molecule has 0 aliphatic heterocycles. The lowest BCUT2D eigenvalue weighted by atomic mass is 10.2. The average molecular weight is 311 g/mol. The maximum atomic E-state index is 11.0. The first-order valence-electron chi connectivity index (χ1n) is 6.17. The van der Waals surface area contributed by atoms with Crippen molar-refractivity contribution in [2.45, 2.75) is 26.9 Å². The quantitative estimate of drug-likeness (QED) is 0.664. The SMILES string of the molecule is Cc1cc(CNCc2c(Cl)cccc2[N+](=O)[O-])sc1C.